The topological polar surface area (TPSA) is 0 Å². The van der Waals surface area contributed by atoms with Crippen molar-refractivity contribution < 1.29 is 0 Å². The third-order valence-electron chi connectivity index (χ3n) is 4.34. The SMILES string of the molecule is C#Cc1ccc(C#Cc2ccc(C#Cc3ccc(CCCCC)cc3)s2)cc1. The van der Waals surface area contributed by atoms with Gasteiger partial charge in [-0.2, -0.15) is 0 Å². The van der Waals surface area contributed by atoms with Gasteiger partial charge in [0.15, 0.2) is 0 Å². The Morgan fingerprint density at radius 1 is 0.679 bits per heavy atom. The maximum atomic E-state index is 5.37. The van der Waals surface area contributed by atoms with Crippen LogP contribution in [0.25, 0.3) is 0 Å². The first-order chi connectivity index (χ1) is 13.8. The fourth-order valence-corrected chi connectivity index (χ4v) is 3.44. The lowest BCUT2D eigenvalue weighted by molar-refractivity contribution is 0.717. The molecule has 0 spiro atoms. The van der Waals surface area contributed by atoms with E-state index < -0.39 is 0 Å². The van der Waals surface area contributed by atoms with Gasteiger partial charge in [-0.3, -0.25) is 0 Å². The van der Waals surface area contributed by atoms with Crippen LogP contribution < -0.4 is 0 Å². The molecule has 0 radical (unpaired) electrons. The Morgan fingerprint density at radius 3 is 1.75 bits per heavy atom. The molecule has 1 aromatic heterocycles. The summed E-state index contributed by atoms with van der Waals surface area (Å²) in [5.74, 6) is 15.5. The molecule has 0 N–H and O–H groups in total. The molecular weight excluding hydrogens is 356 g/mol. The second-order valence-corrected chi connectivity index (χ2v) is 7.62. The van der Waals surface area contributed by atoms with Crippen LogP contribution in [0.3, 0.4) is 0 Å². The number of terminal acetylenes is 1. The first kappa shape index (κ1) is 19.6. The smallest absolute Gasteiger partial charge is 0.0785 e. The monoisotopic (exact) mass is 378 g/mol. The summed E-state index contributed by atoms with van der Waals surface area (Å²) < 4.78 is 0. The van der Waals surface area contributed by atoms with Crippen LogP contribution in [0, 0.1) is 36.0 Å². The first-order valence-corrected chi connectivity index (χ1v) is 10.4. The molecule has 0 bridgehead atoms. The van der Waals surface area contributed by atoms with Crippen molar-refractivity contribution in [3.8, 4) is 36.0 Å². The summed E-state index contributed by atoms with van der Waals surface area (Å²) in [6.07, 6.45) is 10.3. The van der Waals surface area contributed by atoms with E-state index in [1.165, 1.54) is 24.8 Å². The van der Waals surface area contributed by atoms with Crippen molar-refractivity contribution in [2.75, 3.05) is 0 Å². The number of rotatable bonds is 4. The van der Waals surface area contributed by atoms with Crippen LogP contribution in [0.15, 0.2) is 60.7 Å². The molecule has 0 nitrogen and oxygen atoms in total. The zero-order valence-electron chi connectivity index (χ0n) is 16.1. The number of benzene rings is 2. The molecule has 28 heavy (non-hydrogen) atoms. The van der Waals surface area contributed by atoms with Crippen LogP contribution in [-0.2, 0) is 6.42 Å². The molecule has 0 atom stereocenters. The number of hydrogen-bond acceptors (Lipinski definition) is 1. The van der Waals surface area contributed by atoms with E-state index in [9.17, 15) is 0 Å². The molecule has 0 saturated heterocycles. The Morgan fingerprint density at radius 2 is 1.21 bits per heavy atom. The van der Waals surface area contributed by atoms with Crippen molar-refractivity contribution >= 4 is 11.3 Å². The van der Waals surface area contributed by atoms with E-state index in [2.05, 4.69) is 60.8 Å². The average molecular weight is 379 g/mol. The lowest BCUT2D eigenvalue weighted by Gasteiger charge is -2.00. The highest BCUT2D eigenvalue weighted by Gasteiger charge is 1.96. The number of hydrogen-bond donors (Lipinski definition) is 0. The van der Waals surface area contributed by atoms with E-state index >= 15 is 0 Å². The second kappa shape index (κ2) is 10.2. The van der Waals surface area contributed by atoms with E-state index in [4.69, 9.17) is 6.42 Å². The summed E-state index contributed by atoms with van der Waals surface area (Å²) in [6.45, 7) is 2.23. The predicted molar refractivity (Wildman–Crippen MR) is 120 cm³/mol. The highest BCUT2D eigenvalue weighted by atomic mass is 32.1. The van der Waals surface area contributed by atoms with E-state index in [1.54, 1.807) is 11.3 Å². The van der Waals surface area contributed by atoms with E-state index in [1.807, 2.05) is 36.4 Å². The van der Waals surface area contributed by atoms with Crippen LogP contribution in [0.5, 0.6) is 0 Å². The molecular formula is C27H22S. The molecule has 0 amide bonds. The summed E-state index contributed by atoms with van der Waals surface area (Å²) >= 11 is 1.62. The van der Waals surface area contributed by atoms with Gasteiger partial charge >= 0.3 is 0 Å². The van der Waals surface area contributed by atoms with Crippen molar-refractivity contribution in [2.45, 2.75) is 32.6 Å². The Balaban J connectivity index is 1.62. The third-order valence-corrected chi connectivity index (χ3v) is 5.26. The summed E-state index contributed by atoms with van der Waals surface area (Å²) in [5.41, 5.74) is 4.27. The molecule has 1 heterocycles. The molecule has 2 aromatic carbocycles. The van der Waals surface area contributed by atoms with E-state index in [-0.39, 0.29) is 0 Å². The molecule has 0 fully saturated rings. The Labute approximate surface area is 172 Å². The Hall–Kier alpha value is -3.18. The van der Waals surface area contributed by atoms with E-state index in [0.717, 1.165) is 32.9 Å². The highest BCUT2D eigenvalue weighted by Crippen LogP contribution is 2.15. The van der Waals surface area contributed by atoms with Gasteiger partial charge in [0.05, 0.1) is 9.75 Å². The Bertz CT molecular complexity index is 1070. The fourth-order valence-electron chi connectivity index (χ4n) is 2.72. The second-order valence-electron chi connectivity index (χ2n) is 6.54. The minimum Gasteiger partial charge on any atom is -0.118 e. The van der Waals surface area contributed by atoms with Crippen molar-refractivity contribution in [2.24, 2.45) is 0 Å². The van der Waals surface area contributed by atoms with Crippen molar-refractivity contribution in [1.82, 2.24) is 0 Å². The standard InChI is InChI=1S/C27H22S/c1-3-5-6-7-23-12-14-25(15-13-23)17-19-27-21-20-26(28-27)18-16-24-10-8-22(4-2)9-11-24/h2,8-15,20-21H,3,5-7H2,1H3. The van der Waals surface area contributed by atoms with Crippen LogP contribution in [0.2, 0.25) is 0 Å². The largest absolute Gasteiger partial charge is 0.118 e. The maximum Gasteiger partial charge on any atom is 0.0785 e. The molecule has 1 heteroatoms. The fraction of sp³-hybridized carbons (Fsp3) is 0.185. The number of thiophene rings is 1. The van der Waals surface area contributed by atoms with Gasteiger partial charge in [-0.05, 0) is 66.9 Å². The van der Waals surface area contributed by atoms with Crippen LogP contribution >= 0.6 is 11.3 Å². The summed E-state index contributed by atoms with van der Waals surface area (Å²) in [7, 11) is 0. The number of aryl methyl sites for hydroxylation is 1. The minimum absolute atomic E-state index is 0.869. The first-order valence-electron chi connectivity index (χ1n) is 9.56. The molecule has 3 aromatic rings. The number of unbranched alkanes of at least 4 members (excludes halogenated alkanes) is 2. The van der Waals surface area contributed by atoms with Gasteiger partial charge in [-0.1, -0.05) is 61.5 Å². The van der Waals surface area contributed by atoms with Crippen LogP contribution in [0.4, 0.5) is 0 Å². The van der Waals surface area contributed by atoms with Crippen molar-refractivity contribution in [3.63, 3.8) is 0 Å². The van der Waals surface area contributed by atoms with Gasteiger partial charge in [0.25, 0.3) is 0 Å². The summed E-state index contributed by atoms with van der Waals surface area (Å²) in [4.78, 5) is 2.04. The highest BCUT2D eigenvalue weighted by molar-refractivity contribution is 7.13. The zero-order chi connectivity index (χ0) is 19.6. The molecule has 0 unspecified atom stereocenters. The summed E-state index contributed by atoms with van der Waals surface area (Å²) in [5, 5.41) is 0. The predicted octanol–water partition coefficient (Wildman–Crippen LogP) is 6.26. The third kappa shape index (κ3) is 5.93. The van der Waals surface area contributed by atoms with Gasteiger partial charge in [-0.25, -0.2) is 0 Å². The van der Waals surface area contributed by atoms with Gasteiger partial charge < -0.3 is 0 Å². The quantitative estimate of drug-likeness (QED) is 0.371. The van der Waals surface area contributed by atoms with Crippen molar-refractivity contribution in [1.29, 1.82) is 0 Å². The van der Waals surface area contributed by atoms with Gasteiger partial charge in [0.2, 0.25) is 0 Å². The molecule has 0 aliphatic heterocycles. The van der Waals surface area contributed by atoms with Crippen LogP contribution in [0.1, 0.15) is 58.2 Å². The Kier molecular flexibility index (Phi) is 7.15. The maximum absolute atomic E-state index is 5.37. The molecule has 136 valence electrons. The van der Waals surface area contributed by atoms with Crippen molar-refractivity contribution in [3.05, 3.63) is 92.7 Å². The minimum atomic E-state index is 0.869. The lowest BCUT2D eigenvalue weighted by atomic mass is 10.1. The lowest BCUT2D eigenvalue weighted by Crippen LogP contribution is -1.85. The molecule has 0 saturated carbocycles. The van der Waals surface area contributed by atoms with Gasteiger partial charge in [-0.15, -0.1) is 17.8 Å². The zero-order valence-corrected chi connectivity index (χ0v) is 16.9. The molecule has 0 aliphatic rings. The van der Waals surface area contributed by atoms with Gasteiger partial charge in [0.1, 0.15) is 0 Å². The molecule has 0 aliphatic carbocycles. The molecule has 3 rings (SSSR count). The van der Waals surface area contributed by atoms with Crippen LogP contribution in [-0.4, -0.2) is 0 Å². The average Bonchev–Trinajstić information content (AvgIpc) is 3.20. The van der Waals surface area contributed by atoms with Gasteiger partial charge in [0, 0.05) is 16.7 Å². The summed E-state index contributed by atoms with van der Waals surface area (Å²) in [6, 6.07) is 20.4. The van der Waals surface area contributed by atoms with E-state index in [0.29, 0.717) is 0 Å². The normalized spacial score (nSPS) is 9.57.